The standard InChI is InChI=1S/C13H12N4O2S/c1-19-13(18)11-10(15)9(5-14)12(20-11)17-7-8-3-2-4-16-6-8/h2-4,6,17H,7,15H2,1H3. The molecule has 0 amide bonds. The van der Waals surface area contributed by atoms with E-state index in [1.165, 1.54) is 7.11 Å². The number of aromatic nitrogens is 1. The third-order valence-corrected chi connectivity index (χ3v) is 3.75. The Balaban J connectivity index is 2.24. The molecular weight excluding hydrogens is 276 g/mol. The molecule has 0 saturated carbocycles. The number of thiophene rings is 1. The number of hydrogen-bond donors (Lipinski definition) is 2. The molecule has 2 rings (SSSR count). The molecule has 7 heteroatoms. The van der Waals surface area contributed by atoms with Gasteiger partial charge in [0.1, 0.15) is 21.5 Å². The molecule has 0 aliphatic heterocycles. The molecule has 0 radical (unpaired) electrons. The minimum absolute atomic E-state index is 0.151. The second-order valence-corrected chi connectivity index (χ2v) is 4.89. The molecule has 2 aromatic rings. The zero-order valence-electron chi connectivity index (χ0n) is 10.7. The van der Waals surface area contributed by atoms with Crippen LogP contribution in [0.5, 0.6) is 0 Å². The van der Waals surface area contributed by atoms with Gasteiger partial charge in [0.2, 0.25) is 0 Å². The lowest BCUT2D eigenvalue weighted by molar-refractivity contribution is 0.0607. The monoisotopic (exact) mass is 288 g/mol. The fourth-order valence-corrected chi connectivity index (χ4v) is 2.59. The molecular formula is C13H12N4O2S. The van der Waals surface area contributed by atoms with E-state index >= 15 is 0 Å². The van der Waals surface area contributed by atoms with Crippen molar-refractivity contribution in [3.8, 4) is 6.07 Å². The number of anilines is 2. The van der Waals surface area contributed by atoms with E-state index < -0.39 is 5.97 Å². The summed E-state index contributed by atoms with van der Waals surface area (Å²) in [5.74, 6) is -0.543. The second-order valence-electron chi connectivity index (χ2n) is 3.87. The number of ether oxygens (including phenoxy) is 1. The van der Waals surface area contributed by atoms with Gasteiger partial charge in [-0.15, -0.1) is 11.3 Å². The number of nitrogens with two attached hydrogens (primary N) is 1. The Morgan fingerprint density at radius 2 is 2.45 bits per heavy atom. The molecule has 0 bridgehead atoms. The molecule has 2 aromatic heterocycles. The first-order chi connectivity index (χ1) is 9.67. The molecule has 0 aromatic carbocycles. The van der Waals surface area contributed by atoms with Crippen LogP contribution in [-0.4, -0.2) is 18.1 Å². The number of nitrogens with one attached hydrogen (secondary N) is 1. The fraction of sp³-hybridized carbons (Fsp3) is 0.154. The quantitative estimate of drug-likeness (QED) is 0.834. The molecule has 0 unspecified atom stereocenters. The van der Waals surface area contributed by atoms with Crippen LogP contribution in [0, 0.1) is 11.3 Å². The van der Waals surface area contributed by atoms with Gasteiger partial charge in [-0.05, 0) is 11.6 Å². The van der Waals surface area contributed by atoms with Crippen molar-refractivity contribution in [3.05, 3.63) is 40.5 Å². The van der Waals surface area contributed by atoms with Crippen LogP contribution in [0.4, 0.5) is 10.7 Å². The number of carbonyl (C=O) groups excluding carboxylic acids is 1. The second kappa shape index (κ2) is 6.04. The van der Waals surface area contributed by atoms with Gasteiger partial charge in [-0.1, -0.05) is 6.07 Å². The van der Waals surface area contributed by atoms with Crippen molar-refractivity contribution in [1.82, 2.24) is 4.98 Å². The van der Waals surface area contributed by atoms with Gasteiger partial charge < -0.3 is 15.8 Å². The Labute approximate surface area is 119 Å². The van der Waals surface area contributed by atoms with Crippen LogP contribution in [0.2, 0.25) is 0 Å². The van der Waals surface area contributed by atoms with E-state index in [0.29, 0.717) is 11.5 Å². The van der Waals surface area contributed by atoms with E-state index in [4.69, 9.17) is 11.0 Å². The topological polar surface area (TPSA) is 101 Å². The maximum Gasteiger partial charge on any atom is 0.350 e. The largest absolute Gasteiger partial charge is 0.465 e. The zero-order valence-corrected chi connectivity index (χ0v) is 11.5. The predicted octanol–water partition coefficient (Wildman–Crippen LogP) is 2.00. The Morgan fingerprint density at radius 3 is 3.05 bits per heavy atom. The van der Waals surface area contributed by atoms with Crippen LogP contribution in [0.3, 0.4) is 0 Å². The average Bonchev–Trinajstić information content (AvgIpc) is 2.81. The molecule has 0 aliphatic carbocycles. The number of nitriles is 1. The molecule has 0 spiro atoms. The number of carbonyl (C=O) groups is 1. The summed E-state index contributed by atoms with van der Waals surface area (Å²) >= 11 is 1.11. The average molecular weight is 288 g/mol. The summed E-state index contributed by atoms with van der Waals surface area (Å²) in [5, 5.41) is 12.8. The van der Waals surface area contributed by atoms with E-state index in [9.17, 15) is 4.79 Å². The lowest BCUT2D eigenvalue weighted by Gasteiger charge is -2.03. The lowest BCUT2D eigenvalue weighted by Crippen LogP contribution is -2.02. The Kier molecular flexibility index (Phi) is 4.17. The summed E-state index contributed by atoms with van der Waals surface area (Å²) in [6.07, 6.45) is 3.40. The number of esters is 1. The lowest BCUT2D eigenvalue weighted by atomic mass is 10.2. The highest BCUT2D eigenvalue weighted by Gasteiger charge is 2.21. The minimum Gasteiger partial charge on any atom is -0.465 e. The van der Waals surface area contributed by atoms with E-state index in [-0.39, 0.29) is 16.1 Å². The number of nitrogens with zero attached hydrogens (tertiary/aromatic N) is 2. The van der Waals surface area contributed by atoms with Crippen LogP contribution in [0.15, 0.2) is 24.5 Å². The molecule has 0 fully saturated rings. The highest BCUT2D eigenvalue weighted by Crippen LogP contribution is 2.35. The van der Waals surface area contributed by atoms with Gasteiger partial charge in [-0.3, -0.25) is 4.98 Å². The van der Waals surface area contributed by atoms with Crippen molar-refractivity contribution in [3.63, 3.8) is 0 Å². The highest BCUT2D eigenvalue weighted by atomic mass is 32.1. The molecule has 102 valence electrons. The summed E-state index contributed by atoms with van der Waals surface area (Å²) in [4.78, 5) is 15.8. The Morgan fingerprint density at radius 1 is 1.65 bits per heavy atom. The van der Waals surface area contributed by atoms with Gasteiger partial charge in [-0.2, -0.15) is 5.26 Å². The molecule has 0 saturated heterocycles. The minimum atomic E-state index is -0.543. The van der Waals surface area contributed by atoms with E-state index in [0.717, 1.165) is 16.9 Å². The fourth-order valence-electron chi connectivity index (χ4n) is 1.61. The first kappa shape index (κ1) is 13.8. The van der Waals surface area contributed by atoms with Crippen LogP contribution < -0.4 is 11.1 Å². The highest BCUT2D eigenvalue weighted by molar-refractivity contribution is 7.18. The van der Waals surface area contributed by atoms with Crippen molar-refractivity contribution in [2.75, 3.05) is 18.2 Å². The van der Waals surface area contributed by atoms with Crippen LogP contribution in [-0.2, 0) is 11.3 Å². The van der Waals surface area contributed by atoms with Gasteiger partial charge in [0.05, 0.1) is 12.8 Å². The molecule has 3 N–H and O–H groups in total. The predicted molar refractivity (Wildman–Crippen MR) is 76.3 cm³/mol. The summed E-state index contributed by atoms with van der Waals surface area (Å²) < 4.78 is 4.64. The van der Waals surface area contributed by atoms with Crippen molar-refractivity contribution < 1.29 is 9.53 Å². The van der Waals surface area contributed by atoms with E-state index in [1.54, 1.807) is 12.4 Å². The normalized spacial score (nSPS) is 9.80. The van der Waals surface area contributed by atoms with Crippen molar-refractivity contribution in [1.29, 1.82) is 5.26 Å². The molecule has 0 aliphatic rings. The number of pyridine rings is 1. The van der Waals surface area contributed by atoms with Crippen LogP contribution in [0.1, 0.15) is 20.8 Å². The number of hydrogen-bond acceptors (Lipinski definition) is 7. The summed E-state index contributed by atoms with van der Waals surface area (Å²) in [6, 6.07) is 5.73. The maximum absolute atomic E-state index is 11.6. The van der Waals surface area contributed by atoms with Crippen LogP contribution in [0.25, 0.3) is 0 Å². The number of methoxy groups -OCH3 is 1. The van der Waals surface area contributed by atoms with Crippen molar-refractivity contribution >= 4 is 28.0 Å². The van der Waals surface area contributed by atoms with Crippen molar-refractivity contribution in [2.24, 2.45) is 0 Å². The summed E-state index contributed by atoms with van der Waals surface area (Å²) in [6.45, 7) is 0.489. The van der Waals surface area contributed by atoms with Gasteiger partial charge in [0, 0.05) is 18.9 Å². The SMILES string of the molecule is COC(=O)c1sc(NCc2cccnc2)c(C#N)c1N. The van der Waals surface area contributed by atoms with Crippen molar-refractivity contribution in [2.45, 2.75) is 6.54 Å². The van der Waals surface area contributed by atoms with Gasteiger partial charge in [0.15, 0.2) is 0 Å². The summed E-state index contributed by atoms with van der Waals surface area (Å²) in [7, 11) is 1.27. The number of rotatable bonds is 4. The molecule has 2 heterocycles. The maximum atomic E-state index is 11.6. The van der Waals surface area contributed by atoms with Gasteiger partial charge in [0.25, 0.3) is 0 Å². The molecule has 0 atom stereocenters. The molecule has 6 nitrogen and oxygen atoms in total. The van der Waals surface area contributed by atoms with Gasteiger partial charge in [-0.25, -0.2) is 4.79 Å². The summed E-state index contributed by atoms with van der Waals surface area (Å²) in [5.41, 5.74) is 7.17. The van der Waals surface area contributed by atoms with E-state index in [2.05, 4.69) is 15.0 Å². The van der Waals surface area contributed by atoms with Gasteiger partial charge >= 0.3 is 5.97 Å². The zero-order chi connectivity index (χ0) is 14.5. The van der Waals surface area contributed by atoms with Crippen LogP contribution >= 0.6 is 11.3 Å². The Bertz CT molecular complexity index is 661. The van der Waals surface area contributed by atoms with E-state index in [1.807, 2.05) is 18.2 Å². The Hall–Kier alpha value is -2.59. The smallest absolute Gasteiger partial charge is 0.350 e. The first-order valence-electron chi connectivity index (χ1n) is 5.70. The third-order valence-electron chi connectivity index (χ3n) is 2.60. The third kappa shape index (κ3) is 2.70. The first-order valence-corrected chi connectivity index (χ1v) is 6.52. The number of nitrogen functional groups attached to an aromatic ring is 1. The molecule has 20 heavy (non-hydrogen) atoms.